The number of benzene rings is 1. The van der Waals surface area contributed by atoms with Crippen molar-refractivity contribution in [1.29, 1.82) is 0 Å². The van der Waals surface area contributed by atoms with Gasteiger partial charge in [0.15, 0.2) is 5.16 Å². The lowest BCUT2D eigenvalue weighted by Gasteiger charge is -2.14. The van der Waals surface area contributed by atoms with E-state index in [0.717, 1.165) is 12.8 Å². The van der Waals surface area contributed by atoms with Crippen molar-refractivity contribution in [2.75, 3.05) is 11.9 Å². The second-order valence-electron chi connectivity index (χ2n) is 5.82. The molecule has 2 aromatic rings. The van der Waals surface area contributed by atoms with Gasteiger partial charge in [0.25, 0.3) is 0 Å². The van der Waals surface area contributed by atoms with Gasteiger partial charge < -0.3 is 10.1 Å². The van der Waals surface area contributed by atoms with Crippen molar-refractivity contribution >= 4 is 23.4 Å². The summed E-state index contributed by atoms with van der Waals surface area (Å²) in [5.74, 6) is -0.717. The number of hydrogen-bond acceptors (Lipinski definition) is 5. The maximum Gasteiger partial charge on any atom is 0.344 e. The van der Waals surface area contributed by atoms with E-state index >= 15 is 0 Å². The van der Waals surface area contributed by atoms with Crippen LogP contribution in [0.5, 0.6) is 0 Å². The highest BCUT2D eigenvalue weighted by Crippen LogP contribution is 2.23. The molecule has 9 heteroatoms. The lowest BCUT2D eigenvalue weighted by atomic mass is 10.2. The molecule has 0 unspecified atom stereocenters. The van der Waals surface area contributed by atoms with Crippen LogP contribution in [0.25, 0.3) is 0 Å². The first-order valence-corrected chi connectivity index (χ1v) is 8.91. The second kappa shape index (κ2) is 7.83. The van der Waals surface area contributed by atoms with Crippen LogP contribution in [-0.2, 0) is 16.1 Å². The summed E-state index contributed by atoms with van der Waals surface area (Å²) in [6.45, 7) is 2.82. The van der Waals surface area contributed by atoms with Crippen LogP contribution >= 0.6 is 11.8 Å². The Balaban J connectivity index is 1.65. The molecule has 134 valence electrons. The lowest BCUT2D eigenvalue weighted by molar-refractivity contribution is -0.115. The number of anilines is 1. The summed E-state index contributed by atoms with van der Waals surface area (Å²) in [7, 11) is 0. The van der Waals surface area contributed by atoms with E-state index in [-0.39, 0.29) is 17.7 Å². The average Bonchev–Trinajstić information content (AvgIpc) is 3.20. The molecule has 1 fully saturated rings. The Morgan fingerprint density at radius 2 is 2.44 bits per heavy atom. The van der Waals surface area contributed by atoms with Crippen LogP contribution in [0.15, 0.2) is 34.2 Å². The van der Waals surface area contributed by atoms with E-state index in [1.165, 1.54) is 34.5 Å². The van der Waals surface area contributed by atoms with E-state index in [9.17, 15) is 14.0 Å². The molecule has 2 atom stereocenters. The predicted octanol–water partition coefficient (Wildman–Crippen LogP) is 2.01. The fourth-order valence-corrected chi connectivity index (χ4v) is 3.43. The highest BCUT2D eigenvalue weighted by atomic mass is 32.2. The molecule has 0 aliphatic carbocycles. The zero-order valence-corrected chi connectivity index (χ0v) is 14.5. The molecule has 0 spiro atoms. The molecule has 7 nitrogen and oxygen atoms in total. The van der Waals surface area contributed by atoms with Crippen LogP contribution in [0.4, 0.5) is 10.1 Å². The number of amides is 1. The molecule has 0 saturated carbocycles. The molecule has 1 amide bonds. The third-order valence-electron chi connectivity index (χ3n) is 3.88. The van der Waals surface area contributed by atoms with Crippen LogP contribution in [0, 0.1) is 5.82 Å². The number of carbonyl (C=O) groups excluding carboxylic acids is 1. The molecule has 2 heterocycles. The summed E-state index contributed by atoms with van der Waals surface area (Å²) in [6, 6.07) is 5.69. The standard InChI is InChI=1S/C16H19FN4O3S/c1-10(14(22)18-12-5-2-4-11(17)8-12)25-16-20-19-15(23)21(16)9-13-6-3-7-24-13/h2,4-5,8,10,13H,3,6-7,9H2,1H3,(H,18,22)(H,19,23)/t10-,13+/m0/s1. The molecule has 1 aliphatic rings. The third-order valence-corrected chi connectivity index (χ3v) is 4.97. The first kappa shape index (κ1) is 17.7. The van der Waals surface area contributed by atoms with Crippen LogP contribution < -0.4 is 11.0 Å². The van der Waals surface area contributed by atoms with Gasteiger partial charge in [-0.05, 0) is 38.0 Å². The predicted molar refractivity (Wildman–Crippen MR) is 92.2 cm³/mol. The van der Waals surface area contributed by atoms with Crippen molar-refractivity contribution in [2.24, 2.45) is 0 Å². The number of nitrogens with one attached hydrogen (secondary N) is 2. The Bertz CT molecular complexity index is 801. The van der Waals surface area contributed by atoms with Crippen LogP contribution in [0.3, 0.4) is 0 Å². The number of nitrogens with zero attached hydrogens (tertiary/aromatic N) is 2. The SMILES string of the molecule is C[C@H](Sc1n[nH]c(=O)n1C[C@H]1CCCO1)C(=O)Nc1cccc(F)c1. The molecule has 0 radical (unpaired) electrons. The molecule has 1 aromatic carbocycles. The highest BCUT2D eigenvalue weighted by molar-refractivity contribution is 8.00. The normalized spacial score (nSPS) is 18.2. The molecular formula is C16H19FN4O3S. The molecule has 1 aromatic heterocycles. The Labute approximate surface area is 148 Å². The van der Waals surface area contributed by atoms with Gasteiger partial charge >= 0.3 is 5.69 Å². The maximum absolute atomic E-state index is 13.2. The van der Waals surface area contributed by atoms with E-state index < -0.39 is 11.1 Å². The first-order chi connectivity index (χ1) is 12.0. The summed E-state index contributed by atoms with van der Waals surface area (Å²) < 4.78 is 20.2. The number of thioether (sulfide) groups is 1. The van der Waals surface area contributed by atoms with Crippen molar-refractivity contribution in [2.45, 2.75) is 42.8 Å². The van der Waals surface area contributed by atoms with Gasteiger partial charge in [0.2, 0.25) is 5.91 Å². The Kier molecular flexibility index (Phi) is 5.54. The van der Waals surface area contributed by atoms with Crippen LogP contribution in [-0.4, -0.2) is 38.6 Å². The van der Waals surface area contributed by atoms with Gasteiger partial charge in [0.1, 0.15) is 5.82 Å². The van der Waals surface area contributed by atoms with E-state index in [1.807, 2.05) is 0 Å². The zero-order valence-electron chi connectivity index (χ0n) is 13.7. The molecule has 1 aliphatic heterocycles. The largest absolute Gasteiger partial charge is 0.376 e. The number of carbonyl (C=O) groups is 1. The number of halogens is 1. The minimum Gasteiger partial charge on any atom is -0.376 e. The number of aromatic amines is 1. The number of hydrogen-bond donors (Lipinski definition) is 2. The Hall–Kier alpha value is -2.13. The summed E-state index contributed by atoms with van der Waals surface area (Å²) in [6.07, 6.45) is 1.87. The Morgan fingerprint density at radius 3 is 3.16 bits per heavy atom. The van der Waals surface area contributed by atoms with E-state index in [1.54, 1.807) is 13.0 Å². The molecule has 2 N–H and O–H groups in total. The smallest absolute Gasteiger partial charge is 0.344 e. The summed E-state index contributed by atoms with van der Waals surface area (Å²) in [5, 5.41) is 8.98. The minimum absolute atomic E-state index is 0.00826. The quantitative estimate of drug-likeness (QED) is 0.764. The maximum atomic E-state index is 13.2. The van der Waals surface area contributed by atoms with Gasteiger partial charge in [-0.3, -0.25) is 9.36 Å². The monoisotopic (exact) mass is 366 g/mol. The van der Waals surface area contributed by atoms with Crippen LogP contribution in [0.2, 0.25) is 0 Å². The van der Waals surface area contributed by atoms with Gasteiger partial charge in [0.05, 0.1) is 17.9 Å². The fourth-order valence-electron chi connectivity index (χ4n) is 2.57. The average molecular weight is 366 g/mol. The zero-order chi connectivity index (χ0) is 17.8. The fraction of sp³-hybridized carbons (Fsp3) is 0.438. The van der Waals surface area contributed by atoms with Gasteiger partial charge in [-0.25, -0.2) is 14.3 Å². The van der Waals surface area contributed by atoms with Crippen LogP contribution in [0.1, 0.15) is 19.8 Å². The van der Waals surface area contributed by atoms with Gasteiger partial charge in [-0.1, -0.05) is 17.8 Å². The molecule has 3 rings (SSSR count). The molecule has 25 heavy (non-hydrogen) atoms. The second-order valence-corrected chi connectivity index (χ2v) is 7.12. The van der Waals surface area contributed by atoms with Crippen molar-refractivity contribution in [1.82, 2.24) is 14.8 Å². The topological polar surface area (TPSA) is 89.0 Å². The van der Waals surface area contributed by atoms with Gasteiger partial charge in [-0.2, -0.15) is 0 Å². The highest BCUT2D eigenvalue weighted by Gasteiger charge is 2.23. The number of ether oxygens (including phenoxy) is 1. The van der Waals surface area contributed by atoms with Crippen molar-refractivity contribution in [3.8, 4) is 0 Å². The summed E-state index contributed by atoms with van der Waals surface area (Å²) >= 11 is 1.17. The summed E-state index contributed by atoms with van der Waals surface area (Å²) in [5.41, 5.74) is 0.0620. The Morgan fingerprint density at radius 1 is 1.60 bits per heavy atom. The molecule has 0 bridgehead atoms. The van der Waals surface area contributed by atoms with Crippen molar-refractivity contribution in [3.63, 3.8) is 0 Å². The number of aromatic nitrogens is 3. The van der Waals surface area contributed by atoms with Crippen molar-refractivity contribution < 1.29 is 13.9 Å². The number of rotatable bonds is 6. The summed E-state index contributed by atoms with van der Waals surface area (Å²) in [4.78, 5) is 24.2. The lowest BCUT2D eigenvalue weighted by Crippen LogP contribution is -2.27. The van der Waals surface area contributed by atoms with Gasteiger partial charge in [0, 0.05) is 12.3 Å². The van der Waals surface area contributed by atoms with Gasteiger partial charge in [-0.15, -0.1) is 5.10 Å². The van der Waals surface area contributed by atoms with Crippen molar-refractivity contribution in [3.05, 3.63) is 40.6 Å². The van der Waals surface area contributed by atoms with E-state index in [2.05, 4.69) is 15.5 Å². The van der Waals surface area contributed by atoms with E-state index in [4.69, 9.17) is 4.74 Å². The minimum atomic E-state index is -0.512. The van der Waals surface area contributed by atoms with E-state index in [0.29, 0.717) is 24.0 Å². The molecular weight excluding hydrogens is 347 g/mol. The number of H-pyrrole nitrogens is 1. The first-order valence-electron chi connectivity index (χ1n) is 8.03. The molecule has 1 saturated heterocycles. The third kappa shape index (κ3) is 4.49.